The molecule has 5 nitrogen and oxygen atoms in total. The first-order chi connectivity index (χ1) is 10.9. The number of pyridine rings is 1. The van der Waals surface area contributed by atoms with Gasteiger partial charge in [0.25, 0.3) is 0 Å². The van der Waals surface area contributed by atoms with Gasteiger partial charge in [0.15, 0.2) is 0 Å². The fraction of sp³-hybridized carbons (Fsp3) is 0.294. The first-order valence-corrected chi connectivity index (χ1v) is 7.58. The molecule has 1 aromatic heterocycles. The Morgan fingerprint density at radius 1 is 1.09 bits per heavy atom. The van der Waals surface area contributed by atoms with E-state index in [1.165, 1.54) is 5.56 Å². The van der Waals surface area contributed by atoms with Crippen molar-refractivity contribution in [2.75, 3.05) is 31.2 Å². The Hall–Kier alpha value is -2.40. The molecule has 0 spiro atoms. The lowest BCUT2D eigenvalue weighted by atomic mass is 9.95. The number of morpholine rings is 1. The van der Waals surface area contributed by atoms with Gasteiger partial charge in [-0.15, -0.1) is 0 Å². The molecule has 1 atom stereocenters. The summed E-state index contributed by atoms with van der Waals surface area (Å²) < 4.78 is 5.38. The Bertz CT molecular complexity index is 677. The Labute approximate surface area is 129 Å². The number of anilines is 1. The summed E-state index contributed by atoms with van der Waals surface area (Å²) in [5, 5.41) is 4.26. The molecule has 2 aliphatic heterocycles. The normalized spacial score (nSPS) is 20.4. The summed E-state index contributed by atoms with van der Waals surface area (Å²) in [7, 11) is 0. The van der Waals surface area contributed by atoms with E-state index < -0.39 is 0 Å². The Kier molecular flexibility index (Phi) is 3.48. The zero-order chi connectivity index (χ0) is 14.8. The van der Waals surface area contributed by atoms with Crippen molar-refractivity contribution in [1.82, 2.24) is 10.4 Å². The molecular weight excluding hydrogens is 276 g/mol. The van der Waals surface area contributed by atoms with Crippen LogP contribution in [-0.4, -0.2) is 37.5 Å². The molecule has 1 aromatic carbocycles. The molecule has 1 N–H and O–H groups in total. The van der Waals surface area contributed by atoms with Crippen LogP contribution < -0.4 is 10.3 Å². The highest BCUT2D eigenvalue weighted by molar-refractivity contribution is 5.83. The van der Waals surface area contributed by atoms with E-state index in [-0.39, 0.29) is 6.04 Å². The average Bonchev–Trinajstić information content (AvgIpc) is 2.62. The maximum Gasteiger partial charge on any atom is 0.128 e. The maximum atomic E-state index is 5.38. The molecule has 1 saturated heterocycles. The van der Waals surface area contributed by atoms with Crippen molar-refractivity contribution >= 4 is 12.0 Å². The van der Waals surface area contributed by atoms with Gasteiger partial charge in [-0.3, -0.25) is 5.43 Å². The predicted molar refractivity (Wildman–Crippen MR) is 86.3 cm³/mol. The third-order valence-electron chi connectivity index (χ3n) is 4.15. The van der Waals surface area contributed by atoms with Gasteiger partial charge >= 0.3 is 0 Å². The summed E-state index contributed by atoms with van der Waals surface area (Å²) in [6.07, 6.45) is 3.81. The van der Waals surface area contributed by atoms with Crippen LogP contribution in [0.25, 0.3) is 0 Å². The van der Waals surface area contributed by atoms with Crippen molar-refractivity contribution in [3.8, 4) is 0 Å². The minimum atomic E-state index is 0.0624. The number of benzene rings is 1. The lowest BCUT2D eigenvalue weighted by molar-refractivity contribution is 0.122. The molecular formula is C17H18N4O. The molecule has 1 unspecified atom stereocenters. The highest BCUT2D eigenvalue weighted by Gasteiger charge is 2.20. The summed E-state index contributed by atoms with van der Waals surface area (Å²) in [6.45, 7) is 3.35. The highest BCUT2D eigenvalue weighted by atomic mass is 16.5. The number of ether oxygens (including phenoxy) is 1. The Morgan fingerprint density at radius 2 is 1.95 bits per heavy atom. The fourth-order valence-corrected chi connectivity index (χ4v) is 2.94. The maximum absolute atomic E-state index is 5.38. The van der Waals surface area contributed by atoms with Crippen molar-refractivity contribution in [3.63, 3.8) is 0 Å². The van der Waals surface area contributed by atoms with Gasteiger partial charge in [0.2, 0.25) is 0 Å². The van der Waals surface area contributed by atoms with Gasteiger partial charge in [-0.05, 0) is 17.2 Å². The standard InChI is InChI=1S/C17H18N4O/c1-2-4-15-13(3-1)12-19-20-17(15)14-5-6-16(18-11-14)21-7-9-22-10-8-21/h1-6,11-12,17,20H,7-10H2. The number of hydrogen-bond acceptors (Lipinski definition) is 5. The average molecular weight is 294 g/mol. The molecule has 5 heteroatoms. The van der Waals surface area contributed by atoms with Crippen LogP contribution in [0.15, 0.2) is 47.7 Å². The Morgan fingerprint density at radius 3 is 2.77 bits per heavy atom. The molecule has 0 amide bonds. The van der Waals surface area contributed by atoms with Crippen molar-refractivity contribution in [2.24, 2.45) is 5.10 Å². The first kappa shape index (κ1) is 13.3. The van der Waals surface area contributed by atoms with Gasteiger partial charge in [0.1, 0.15) is 5.82 Å². The van der Waals surface area contributed by atoms with Gasteiger partial charge in [-0.25, -0.2) is 4.98 Å². The second-order valence-corrected chi connectivity index (χ2v) is 5.50. The van der Waals surface area contributed by atoms with E-state index in [1.54, 1.807) is 0 Å². The van der Waals surface area contributed by atoms with Crippen molar-refractivity contribution in [1.29, 1.82) is 0 Å². The van der Waals surface area contributed by atoms with Crippen LogP contribution in [0.4, 0.5) is 5.82 Å². The van der Waals surface area contributed by atoms with E-state index in [4.69, 9.17) is 4.74 Å². The van der Waals surface area contributed by atoms with Crippen LogP contribution >= 0.6 is 0 Å². The monoisotopic (exact) mass is 294 g/mol. The molecule has 0 aliphatic carbocycles. The minimum Gasteiger partial charge on any atom is -0.378 e. The number of hydrogen-bond donors (Lipinski definition) is 1. The lowest BCUT2D eigenvalue weighted by Crippen LogP contribution is -2.36. The zero-order valence-corrected chi connectivity index (χ0v) is 12.3. The summed E-state index contributed by atoms with van der Waals surface area (Å²) in [5.41, 5.74) is 6.70. The molecule has 0 bridgehead atoms. The molecule has 3 heterocycles. The van der Waals surface area contributed by atoms with Gasteiger partial charge < -0.3 is 9.64 Å². The summed E-state index contributed by atoms with van der Waals surface area (Å²) in [6, 6.07) is 12.6. The van der Waals surface area contributed by atoms with Gasteiger partial charge in [0, 0.05) is 24.8 Å². The van der Waals surface area contributed by atoms with Crippen LogP contribution in [0.5, 0.6) is 0 Å². The number of nitrogens with zero attached hydrogens (tertiary/aromatic N) is 3. The quantitative estimate of drug-likeness (QED) is 0.919. The summed E-state index contributed by atoms with van der Waals surface area (Å²) >= 11 is 0. The second-order valence-electron chi connectivity index (χ2n) is 5.50. The van der Waals surface area contributed by atoms with E-state index in [0.29, 0.717) is 0 Å². The number of hydrazone groups is 1. The minimum absolute atomic E-state index is 0.0624. The van der Waals surface area contributed by atoms with Crippen LogP contribution in [0.3, 0.4) is 0 Å². The van der Waals surface area contributed by atoms with Gasteiger partial charge in [-0.1, -0.05) is 30.3 Å². The zero-order valence-electron chi connectivity index (χ0n) is 12.3. The van der Waals surface area contributed by atoms with Crippen LogP contribution in [0.1, 0.15) is 22.7 Å². The molecule has 4 rings (SSSR count). The highest BCUT2D eigenvalue weighted by Crippen LogP contribution is 2.27. The van der Waals surface area contributed by atoms with Gasteiger partial charge in [0.05, 0.1) is 25.5 Å². The summed E-state index contributed by atoms with van der Waals surface area (Å²) in [5.74, 6) is 1.01. The van der Waals surface area contributed by atoms with Crippen LogP contribution in [-0.2, 0) is 4.74 Å². The van der Waals surface area contributed by atoms with Crippen molar-refractivity contribution < 1.29 is 4.74 Å². The number of aromatic nitrogens is 1. The van der Waals surface area contributed by atoms with Gasteiger partial charge in [-0.2, -0.15) is 5.10 Å². The molecule has 1 fully saturated rings. The molecule has 0 saturated carbocycles. The van der Waals surface area contributed by atoms with E-state index in [1.807, 2.05) is 18.5 Å². The Balaban J connectivity index is 1.60. The smallest absolute Gasteiger partial charge is 0.128 e. The molecule has 22 heavy (non-hydrogen) atoms. The fourth-order valence-electron chi connectivity index (χ4n) is 2.94. The second kappa shape index (κ2) is 5.77. The summed E-state index contributed by atoms with van der Waals surface area (Å²) in [4.78, 5) is 6.89. The SMILES string of the molecule is C1=NNC(c2ccc(N3CCOCC3)nc2)c2ccccc21. The largest absolute Gasteiger partial charge is 0.378 e. The van der Waals surface area contributed by atoms with E-state index in [0.717, 1.165) is 43.2 Å². The lowest BCUT2D eigenvalue weighted by Gasteiger charge is -2.28. The predicted octanol–water partition coefficient (Wildman–Crippen LogP) is 1.94. The third kappa shape index (κ3) is 2.44. The van der Waals surface area contributed by atoms with Crippen molar-refractivity contribution in [2.45, 2.75) is 6.04 Å². The van der Waals surface area contributed by atoms with E-state index in [9.17, 15) is 0 Å². The molecule has 0 radical (unpaired) electrons. The molecule has 112 valence electrons. The van der Waals surface area contributed by atoms with Crippen molar-refractivity contribution in [3.05, 3.63) is 59.3 Å². The molecule has 2 aliphatic rings. The van der Waals surface area contributed by atoms with E-state index in [2.05, 4.69) is 50.7 Å². The van der Waals surface area contributed by atoms with Crippen LogP contribution in [0.2, 0.25) is 0 Å². The number of fused-ring (bicyclic) bond motifs is 1. The first-order valence-electron chi connectivity index (χ1n) is 7.58. The topological polar surface area (TPSA) is 49.8 Å². The molecule has 2 aromatic rings. The third-order valence-corrected chi connectivity index (χ3v) is 4.15. The van der Waals surface area contributed by atoms with Crippen LogP contribution in [0, 0.1) is 0 Å². The van der Waals surface area contributed by atoms with E-state index >= 15 is 0 Å². The number of rotatable bonds is 2. The number of nitrogens with one attached hydrogen (secondary N) is 1.